The Balaban J connectivity index is 1.60. The molecule has 0 spiro atoms. The SMILES string of the molecule is CN(Cc1nnc2ccccn12)C(=O)c1ccc2c(c1)C(C)(C)C(=O)N2. The molecule has 3 aromatic rings. The van der Waals surface area contributed by atoms with Gasteiger partial charge in [0.1, 0.15) is 0 Å². The van der Waals surface area contributed by atoms with Crippen LogP contribution in [0.5, 0.6) is 0 Å². The molecular weight excluding hydrogens is 330 g/mol. The topological polar surface area (TPSA) is 79.6 Å². The summed E-state index contributed by atoms with van der Waals surface area (Å²) in [6.07, 6.45) is 1.87. The first-order valence-electron chi connectivity index (χ1n) is 8.38. The standard InChI is InChI=1S/C19H19N5O2/c1-19(2)13-10-12(7-8-14(13)20-18(19)26)17(25)23(3)11-16-22-21-15-6-4-5-9-24(15)16/h4-10H,11H2,1-3H3,(H,20,26). The Morgan fingerprint density at radius 2 is 2.04 bits per heavy atom. The molecule has 0 saturated carbocycles. The van der Waals surface area contributed by atoms with Crippen LogP contribution in [0, 0.1) is 0 Å². The van der Waals surface area contributed by atoms with Gasteiger partial charge in [-0.1, -0.05) is 6.07 Å². The van der Waals surface area contributed by atoms with E-state index in [2.05, 4.69) is 15.5 Å². The van der Waals surface area contributed by atoms with Gasteiger partial charge in [-0.2, -0.15) is 0 Å². The number of hydrogen-bond acceptors (Lipinski definition) is 4. The second kappa shape index (κ2) is 5.66. The Morgan fingerprint density at radius 3 is 2.85 bits per heavy atom. The number of fused-ring (bicyclic) bond motifs is 2. The predicted molar refractivity (Wildman–Crippen MR) is 96.9 cm³/mol. The van der Waals surface area contributed by atoms with Crippen molar-refractivity contribution in [3.05, 3.63) is 59.5 Å². The second-order valence-corrected chi connectivity index (χ2v) is 7.05. The quantitative estimate of drug-likeness (QED) is 0.786. The highest BCUT2D eigenvalue weighted by Crippen LogP contribution is 2.37. The summed E-state index contributed by atoms with van der Waals surface area (Å²) >= 11 is 0. The minimum Gasteiger partial charge on any atom is -0.334 e. The van der Waals surface area contributed by atoms with Crippen LogP contribution in [0.3, 0.4) is 0 Å². The molecule has 1 aromatic carbocycles. The molecule has 0 saturated heterocycles. The van der Waals surface area contributed by atoms with Crippen LogP contribution in [0.15, 0.2) is 42.6 Å². The second-order valence-electron chi connectivity index (χ2n) is 7.05. The summed E-state index contributed by atoms with van der Waals surface area (Å²) in [4.78, 5) is 26.5. The van der Waals surface area contributed by atoms with E-state index in [-0.39, 0.29) is 11.8 Å². The number of pyridine rings is 1. The van der Waals surface area contributed by atoms with E-state index in [1.165, 1.54) is 0 Å². The van der Waals surface area contributed by atoms with Crippen LogP contribution < -0.4 is 5.32 Å². The molecule has 0 atom stereocenters. The van der Waals surface area contributed by atoms with Crippen molar-refractivity contribution in [2.24, 2.45) is 0 Å². The van der Waals surface area contributed by atoms with Crippen LogP contribution in [-0.2, 0) is 16.8 Å². The Kier molecular flexibility index (Phi) is 3.54. The third-order valence-corrected chi connectivity index (χ3v) is 4.87. The van der Waals surface area contributed by atoms with E-state index in [0.717, 1.165) is 16.9 Å². The third kappa shape index (κ3) is 2.44. The first-order valence-corrected chi connectivity index (χ1v) is 8.38. The molecule has 1 aliphatic rings. The fourth-order valence-corrected chi connectivity index (χ4v) is 3.21. The number of aromatic nitrogens is 3. The average Bonchev–Trinajstić information content (AvgIpc) is 3.13. The number of hydrogen-bond donors (Lipinski definition) is 1. The molecule has 0 unspecified atom stereocenters. The predicted octanol–water partition coefficient (Wildman–Crippen LogP) is 2.23. The zero-order chi connectivity index (χ0) is 18.5. The van der Waals surface area contributed by atoms with Gasteiger partial charge in [0, 0.05) is 24.5 Å². The number of nitrogens with zero attached hydrogens (tertiary/aromatic N) is 4. The summed E-state index contributed by atoms with van der Waals surface area (Å²) in [5.74, 6) is 0.505. The highest BCUT2D eigenvalue weighted by molar-refractivity contribution is 6.07. The van der Waals surface area contributed by atoms with Gasteiger partial charge in [0.05, 0.1) is 12.0 Å². The maximum atomic E-state index is 12.9. The lowest BCUT2D eigenvalue weighted by molar-refractivity contribution is -0.119. The van der Waals surface area contributed by atoms with Gasteiger partial charge in [-0.3, -0.25) is 14.0 Å². The van der Waals surface area contributed by atoms with Gasteiger partial charge in [0.25, 0.3) is 5.91 Å². The van der Waals surface area contributed by atoms with Gasteiger partial charge in [0.15, 0.2) is 11.5 Å². The fourth-order valence-electron chi connectivity index (χ4n) is 3.21. The molecule has 0 radical (unpaired) electrons. The van der Waals surface area contributed by atoms with E-state index in [1.54, 1.807) is 30.1 Å². The number of carbonyl (C=O) groups excluding carboxylic acids is 2. The molecule has 0 aliphatic carbocycles. The van der Waals surface area contributed by atoms with E-state index in [1.807, 2.05) is 42.6 Å². The van der Waals surface area contributed by atoms with E-state index >= 15 is 0 Å². The van der Waals surface area contributed by atoms with Gasteiger partial charge < -0.3 is 10.2 Å². The van der Waals surface area contributed by atoms with Gasteiger partial charge in [0.2, 0.25) is 5.91 Å². The highest BCUT2D eigenvalue weighted by Gasteiger charge is 2.38. The Bertz CT molecular complexity index is 1040. The third-order valence-electron chi connectivity index (χ3n) is 4.87. The lowest BCUT2D eigenvalue weighted by Gasteiger charge is -2.19. The molecule has 26 heavy (non-hydrogen) atoms. The number of nitrogens with one attached hydrogen (secondary N) is 1. The molecule has 1 N–H and O–H groups in total. The monoisotopic (exact) mass is 349 g/mol. The van der Waals surface area contributed by atoms with E-state index in [0.29, 0.717) is 17.9 Å². The van der Waals surface area contributed by atoms with Crippen molar-refractivity contribution in [1.29, 1.82) is 0 Å². The van der Waals surface area contributed by atoms with Crippen LogP contribution in [-0.4, -0.2) is 38.4 Å². The lowest BCUT2D eigenvalue weighted by Crippen LogP contribution is -2.28. The Hall–Kier alpha value is -3.22. The molecule has 2 amide bonds. The van der Waals surface area contributed by atoms with Crippen LogP contribution >= 0.6 is 0 Å². The van der Waals surface area contributed by atoms with Crippen LogP contribution in [0.2, 0.25) is 0 Å². The molecule has 2 aromatic heterocycles. The number of benzene rings is 1. The normalized spacial score (nSPS) is 15.0. The number of amides is 2. The first-order chi connectivity index (χ1) is 12.4. The maximum Gasteiger partial charge on any atom is 0.254 e. The average molecular weight is 349 g/mol. The maximum absolute atomic E-state index is 12.9. The summed E-state index contributed by atoms with van der Waals surface area (Å²) < 4.78 is 1.86. The molecule has 0 fully saturated rings. The van der Waals surface area contributed by atoms with Crippen molar-refractivity contribution in [2.45, 2.75) is 25.8 Å². The van der Waals surface area contributed by atoms with Crippen molar-refractivity contribution in [3.63, 3.8) is 0 Å². The zero-order valence-electron chi connectivity index (χ0n) is 14.9. The van der Waals surface area contributed by atoms with E-state index < -0.39 is 5.41 Å². The molecule has 1 aliphatic heterocycles. The van der Waals surface area contributed by atoms with Gasteiger partial charge in [-0.05, 0) is 49.7 Å². The summed E-state index contributed by atoms with van der Waals surface area (Å²) in [6, 6.07) is 11.0. The van der Waals surface area contributed by atoms with Gasteiger partial charge in [-0.15, -0.1) is 10.2 Å². The molecule has 132 valence electrons. The Labute approximate surface area is 150 Å². The van der Waals surface area contributed by atoms with Crippen LogP contribution in [0.4, 0.5) is 5.69 Å². The zero-order valence-corrected chi connectivity index (χ0v) is 14.9. The lowest BCUT2D eigenvalue weighted by atomic mass is 9.85. The van der Waals surface area contributed by atoms with Crippen molar-refractivity contribution in [3.8, 4) is 0 Å². The van der Waals surface area contributed by atoms with Crippen LogP contribution in [0.1, 0.15) is 35.6 Å². The molecule has 4 rings (SSSR count). The number of anilines is 1. The van der Waals surface area contributed by atoms with Gasteiger partial charge >= 0.3 is 0 Å². The summed E-state index contributed by atoms with van der Waals surface area (Å²) in [5, 5.41) is 11.1. The molecule has 0 bridgehead atoms. The van der Waals surface area contributed by atoms with Crippen molar-refractivity contribution < 1.29 is 9.59 Å². The number of carbonyl (C=O) groups is 2. The molecule has 7 nitrogen and oxygen atoms in total. The minimum absolute atomic E-state index is 0.0552. The molecule has 7 heteroatoms. The van der Waals surface area contributed by atoms with Gasteiger partial charge in [-0.25, -0.2) is 0 Å². The summed E-state index contributed by atoms with van der Waals surface area (Å²) in [5.41, 5.74) is 2.25. The molecule has 3 heterocycles. The van der Waals surface area contributed by atoms with Crippen molar-refractivity contribution in [1.82, 2.24) is 19.5 Å². The van der Waals surface area contributed by atoms with Crippen LogP contribution in [0.25, 0.3) is 5.65 Å². The minimum atomic E-state index is -0.645. The fraction of sp³-hybridized carbons (Fsp3) is 0.263. The highest BCUT2D eigenvalue weighted by atomic mass is 16.2. The van der Waals surface area contributed by atoms with Crippen molar-refractivity contribution in [2.75, 3.05) is 12.4 Å². The number of rotatable bonds is 3. The summed E-state index contributed by atoms with van der Waals surface area (Å²) in [6.45, 7) is 4.05. The van der Waals surface area contributed by atoms with E-state index in [4.69, 9.17) is 0 Å². The van der Waals surface area contributed by atoms with E-state index in [9.17, 15) is 9.59 Å². The van der Waals surface area contributed by atoms with Crippen molar-refractivity contribution >= 4 is 23.1 Å². The molecular formula is C19H19N5O2. The Morgan fingerprint density at radius 1 is 1.23 bits per heavy atom. The summed E-state index contributed by atoms with van der Waals surface area (Å²) in [7, 11) is 1.73. The first kappa shape index (κ1) is 16.3. The largest absolute Gasteiger partial charge is 0.334 e. The smallest absolute Gasteiger partial charge is 0.254 e.